The third-order valence-corrected chi connectivity index (χ3v) is 5.19. The van der Waals surface area contributed by atoms with Crippen LogP contribution in [0.5, 0.6) is 0 Å². The highest BCUT2D eigenvalue weighted by Crippen LogP contribution is 2.36. The first kappa shape index (κ1) is 16.2. The molecule has 0 fully saturated rings. The molecule has 23 heavy (non-hydrogen) atoms. The highest BCUT2D eigenvalue weighted by atomic mass is 15.4. The van der Waals surface area contributed by atoms with Crippen LogP contribution in [-0.2, 0) is 0 Å². The number of allylic oxidation sites excluding steroid dienone is 6. The van der Waals surface area contributed by atoms with Gasteiger partial charge in [-0.05, 0) is 74.7 Å². The molecule has 0 spiro atoms. The van der Waals surface area contributed by atoms with Gasteiger partial charge in [0.25, 0.3) is 0 Å². The van der Waals surface area contributed by atoms with Crippen LogP contribution in [0.1, 0.15) is 54.4 Å². The Morgan fingerprint density at radius 3 is 1.48 bits per heavy atom. The molecule has 2 nitrogen and oxygen atoms in total. The maximum absolute atomic E-state index is 2.42. The average Bonchev–Trinajstić information content (AvgIpc) is 2.85. The fraction of sp³-hybridized carbons (Fsp3) is 0.524. The average molecular weight is 310 g/mol. The van der Waals surface area contributed by atoms with Gasteiger partial charge in [-0.1, -0.05) is 26.0 Å². The second-order valence-corrected chi connectivity index (χ2v) is 7.70. The van der Waals surface area contributed by atoms with Gasteiger partial charge in [0.15, 0.2) is 0 Å². The summed E-state index contributed by atoms with van der Waals surface area (Å²) >= 11 is 0. The van der Waals surface area contributed by atoms with Crippen LogP contribution in [-0.4, -0.2) is 16.5 Å². The lowest BCUT2D eigenvalue weighted by molar-refractivity contribution is 0.347. The lowest BCUT2D eigenvalue weighted by Crippen LogP contribution is -2.28. The molecule has 2 atom stereocenters. The van der Waals surface area contributed by atoms with Gasteiger partial charge >= 0.3 is 0 Å². The minimum Gasteiger partial charge on any atom is -0.328 e. The monoisotopic (exact) mass is 310 g/mol. The summed E-state index contributed by atoms with van der Waals surface area (Å²) in [4.78, 5) is 4.83. The predicted molar refractivity (Wildman–Crippen MR) is 98.2 cm³/mol. The van der Waals surface area contributed by atoms with Gasteiger partial charge in [0.1, 0.15) is 0 Å². The highest BCUT2D eigenvalue weighted by molar-refractivity contribution is 5.41. The summed E-state index contributed by atoms with van der Waals surface area (Å²) in [5.41, 5.74) is 8.71. The van der Waals surface area contributed by atoms with E-state index in [2.05, 4.69) is 75.9 Å². The molecule has 0 N–H and O–H groups in total. The smallest absolute Gasteiger partial charge is 0.0989 e. The molecule has 0 saturated heterocycles. The van der Waals surface area contributed by atoms with Crippen LogP contribution in [0.4, 0.5) is 0 Å². The summed E-state index contributed by atoms with van der Waals surface area (Å²) < 4.78 is 0. The van der Waals surface area contributed by atoms with Crippen molar-refractivity contribution in [1.29, 1.82) is 0 Å². The first-order valence-corrected chi connectivity index (χ1v) is 8.85. The van der Waals surface area contributed by atoms with E-state index >= 15 is 0 Å². The van der Waals surface area contributed by atoms with Crippen molar-refractivity contribution in [2.24, 2.45) is 11.8 Å². The Kier molecular flexibility index (Phi) is 4.27. The third kappa shape index (κ3) is 3.04. The maximum atomic E-state index is 2.42. The highest BCUT2D eigenvalue weighted by Gasteiger charge is 2.26. The summed E-state index contributed by atoms with van der Waals surface area (Å²) in [5, 5.41) is 0. The van der Waals surface area contributed by atoms with Gasteiger partial charge < -0.3 is 9.80 Å². The Bertz CT molecular complexity index is 601. The van der Waals surface area contributed by atoms with Crippen molar-refractivity contribution in [3.8, 4) is 0 Å². The molecule has 0 radical (unpaired) electrons. The quantitative estimate of drug-likeness (QED) is 0.659. The van der Waals surface area contributed by atoms with Crippen LogP contribution < -0.4 is 0 Å². The van der Waals surface area contributed by atoms with E-state index < -0.39 is 0 Å². The predicted octanol–water partition coefficient (Wildman–Crippen LogP) is 5.55. The van der Waals surface area contributed by atoms with Gasteiger partial charge in [-0.2, -0.15) is 0 Å². The second kappa shape index (κ2) is 6.07. The molecule has 0 amide bonds. The minimum atomic E-state index is 0.663. The third-order valence-electron chi connectivity index (χ3n) is 5.19. The largest absolute Gasteiger partial charge is 0.328 e. The molecule has 124 valence electrons. The van der Waals surface area contributed by atoms with E-state index in [-0.39, 0.29) is 0 Å². The topological polar surface area (TPSA) is 6.48 Å². The van der Waals surface area contributed by atoms with Crippen LogP contribution in [0.3, 0.4) is 0 Å². The van der Waals surface area contributed by atoms with Crippen molar-refractivity contribution in [3.05, 3.63) is 58.2 Å². The molecule has 2 heteroatoms. The van der Waals surface area contributed by atoms with Crippen molar-refractivity contribution in [2.45, 2.75) is 54.4 Å². The summed E-state index contributed by atoms with van der Waals surface area (Å²) in [6.45, 7) is 14.6. The Morgan fingerprint density at radius 1 is 0.739 bits per heavy atom. The molecular formula is C21H30N2. The zero-order valence-electron chi connectivity index (χ0n) is 15.5. The number of hydrogen-bond acceptors (Lipinski definition) is 2. The SMILES string of the molecule is CC1=CC(C)CC(C)=C1N1C=CN(C2=C(C)CC(C)C=C2C)C1. The number of nitrogens with zero attached hydrogens (tertiary/aromatic N) is 2. The normalized spacial score (nSPS) is 28.6. The summed E-state index contributed by atoms with van der Waals surface area (Å²) in [5.74, 6) is 1.33. The van der Waals surface area contributed by atoms with Crippen LogP contribution in [0.2, 0.25) is 0 Å². The maximum Gasteiger partial charge on any atom is 0.0989 e. The zero-order chi connectivity index (χ0) is 16.7. The molecule has 2 unspecified atom stereocenters. The minimum absolute atomic E-state index is 0.663. The van der Waals surface area contributed by atoms with E-state index in [9.17, 15) is 0 Å². The van der Waals surface area contributed by atoms with Crippen LogP contribution in [0.25, 0.3) is 0 Å². The van der Waals surface area contributed by atoms with Crippen molar-refractivity contribution < 1.29 is 0 Å². The van der Waals surface area contributed by atoms with Gasteiger partial charge in [-0.25, -0.2) is 0 Å². The van der Waals surface area contributed by atoms with E-state index in [0.717, 1.165) is 6.67 Å². The molecule has 0 aromatic heterocycles. The van der Waals surface area contributed by atoms with Crippen LogP contribution >= 0.6 is 0 Å². The number of rotatable bonds is 2. The lowest BCUT2D eigenvalue weighted by Gasteiger charge is -2.32. The van der Waals surface area contributed by atoms with E-state index in [1.807, 2.05) is 0 Å². The molecule has 2 aliphatic carbocycles. The molecular weight excluding hydrogens is 280 g/mol. The Balaban J connectivity index is 1.82. The van der Waals surface area contributed by atoms with Crippen molar-refractivity contribution in [2.75, 3.05) is 6.67 Å². The molecule has 0 bridgehead atoms. The van der Waals surface area contributed by atoms with E-state index in [0.29, 0.717) is 11.8 Å². The van der Waals surface area contributed by atoms with Gasteiger partial charge in [-0.15, -0.1) is 0 Å². The standard InChI is InChI=1S/C21H30N2/c1-14-9-16(3)20(17(4)10-14)22-7-8-23(13-22)21-18(5)11-15(2)12-19(21)6/h7-9,11,14-15H,10,12-13H2,1-6H3. The first-order valence-electron chi connectivity index (χ1n) is 8.85. The van der Waals surface area contributed by atoms with E-state index in [4.69, 9.17) is 0 Å². The lowest BCUT2D eigenvalue weighted by atomic mass is 9.89. The van der Waals surface area contributed by atoms with Crippen LogP contribution in [0.15, 0.2) is 58.2 Å². The van der Waals surface area contributed by atoms with Gasteiger partial charge in [0, 0.05) is 23.8 Å². The van der Waals surface area contributed by atoms with Crippen molar-refractivity contribution in [3.63, 3.8) is 0 Å². The summed E-state index contributed by atoms with van der Waals surface area (Å²) in [6.07, 6.45) is 11.7. The fourth-order valence-electron chi connectivity index (χ4n) is 4.61. The molecule has 0 aromatic rings. The Morgan fingerprint density at radius 2 is 1.13 bits per heavy atom. The molecule has 3 aliphatic rings. The van der Waals surface area contributed by atoms with Gasteiger partial charge in [0.2, 0.25) is 0 Å². The van der Waals surface area contributed by atoms with Crippen molar-refractivity contribution in [1.82, 2.24) is 9.80 Å². The molecule has 3 rings (SSSR count). The zero-order valence-corrected chi connectivity index (χ0v) is 15.5. The van der Waals surface area contributed by atoms with Crippen molar-refractivity contribution >= 4 is 0 Å². The van der Waals surface area contributed by atoms with Gasteiger partial charge in [-0.3, -0.25) is 0 Å². The molecule has 0 saturated carbocycles. The van der Waals surface area contributed by atoms with Gasteiger partial charge in [0.05, 0.1) is 6.67 Å². The van der Waals surface area contributed by atoms with E-state index in [1.54, 1.807) is 0 Å². The second-order valence-electron chi connectivity index (χ2n) is 7.70. The summed E-state index contributed by atoms with van der Waals surface area (Å²) in [7, 11) is 0. The summed E-state index contributed by atoms with van der Waals surface area (Å²) in [6, 6.07) is 0. The number of hydrogen-bond donors (Lipinski definition) is 0. The molecule has 0 aromatic carbocycles. The Hall–Kier alpha value is -1.70. The molecule has 1 aliphatic heterocycles. The fourth-order valence-corrected chi connectivity index (χ4v) is 4.61. The van der Waals surface area contributed by atoms with E-state index in [1.165, 1.54) is 46.5 Å². The first-order chi connectivity index (χ1) is 10.9. The molecule has 1 heterocycles. The van der Waals surface area contributed by atoms with Crippen LogP contribution in [0, 0.1) is 11.8 Å². The Labute approximate surface area is 141 Å².